The Hall–Kier alpha value is -2.29. The fourth-order valence-electron chi connectivity index (χ4n) is 2.20. The van der Waals surface area contributed by atoms with Crippen molar-refractivity contribution in [3.8, 4) is 11.4 Å². The van der Waals surface area contributed by atoms with Crippen LogP contribution in [0.3, 0.4) is 0 Å². The molecule has 0 fully saturated rings. The number of para-hydroxylation sites is 2. The number of imidazole rings is 1. The molecule has 1 aromatic heterocycles. The van der Waals surface area contributed by atoms with Gasteiger partial charge in [-0.25, -0.2) is 4.98 Å². The van der Waals surface area contributed by atoms with Crippen molar-refractivity contribution in [2.45, 2.75) is 6.92 Å². The zero-order valence-corrected chi connectivity index (χ0v) is 10.4. The molecule has 0 saturated heterocycles. The Morgan fingerprint density at radius 3 is 2.44 bits per heavy atom. The molecule has 0 aliphatic rings. The maximum atomic E-state index is 5.18. The molecule has 0 bridgehead atoms. The van der Waals surface area contributed by atoms with Gasteiger partial charge in [-0.3, -0.25) is 4.57 Å². The number of fused-ring (bicyclic) bond motifs is 1. The maximum Gasteiger partial charge on any atom is 0.119 e. The minimum atomic E-state index is 0.862. The van der Waals surface area contributed by atoms with Crippen molar-refractivity contribution in [2.75, 3.05) is 7.11 Å². The third-order valence-corrected chi connectivity index (χ3v) is 3.06. The highest BCUT2D eigenvalue weighted by molar-refractivity contribution is 5.78. The van der Waals surface area contributed by atoms with Crippen molar-refractivity contribution in [2.24, 2.45) is 0 Å². The third-order valence-electron chi connectivity index (χ3n) is 3.06. The Bertz CT molecular complexity index is 683. The van der Waals surface area contributed by atoms with E-state index in [1.807, 2.05) is 49.4 Å². The lowest BCUT2D eigenvalue weighted by molar-refractivity contribution is 0.415. The summed E-state index contributed by atoms with van der Waals surface area (Å²) in [6, 6.07) is 16.2. The average Bonchev–Trinajstić information content (AvgIpc) is 2.75. The van der Waals surface area contributed by atoms with Crippen molar-refractivity contribution in [3.63, 3.8) is 0 Å². The molecule has 3 aromatic rings. The van der Waals surface area contributed by atoms with Gasteiger partial charge >= 0.3 is 0 Å². The number of ether oxygens (including phenoxy) is 1. The van der Waals surface area contributed by atoms with Gasteiger partial charge in [0.1, 0.15) is 11.6 Å². The van der Waals surface area contributed by atoms with Gasteiger partial charge in [-0.2, -0.15) is 0 Å². The summed E-state index contributed by atoms with van der Waals surface area (Å²) >= 11 is 0. The lowest BCUT2D eigenvalue weighted by Crippen LogP contribution is -1.96. The molecular formula is C15H14N2O. The molecule has 0 N–H and O–H groups in total. The van der Waals surface area contributed by atoms with Crippen molar-refractivity contribution >= 4 is 11.0 Å². The second-order valence-corrected chi connectivity index (χ2v) is 4.18. The zero-order chi connectivity index (χ0) is 12.5. The lowest BCUT2D eigenvalue weighted by Gasteiger charge is -2.07. The van der Waals surface area contributed by atoms with Gasteiger partial charge in [-0.05, 0) is 43.3 Å². The highest BCUT2D eigenvalue weighted by Gasteiger charge is 2.08. The maximum absolute atomic E-state index is 5.18. The number of hydrogen-bond donors (Lipinski definition) is 0. The van der Waals surface area contributed by atoms with Gasteiger partial charge in [-0.15, -0.1) is 0 Å². The highest BCUT2D eigenvalue weighted by atomic mass is 16.5. The molecule has 0 radical (unpaired) electrons. The Balaban J connectivity index is 2.20. The number of rotatable bonds is 2. The van der Waals surface area contributed by atoms with E-state index in [0.29, 0.717) is 0 Å². The standard InChI is InChI=1S/C15H14N2O/c1-11-16-14-5-3-4-6-15(14)17(11)12-7-9-13(18-2)10-8-12/h3-10H,1-2H3. The van der Waals surface area contributed by atoms with Crippen LogP contribution in [0.2, 0.25) is 0 Å². The van der Waals surface area contributed by atoms with Gasteiger partial charge in [0, 0.05) is 5.69 Å². The normalized spacial score (nSPS) is 10.8. The quantitative estimate of drug-likeness (QED) is 0.684. The molecule has 2 aromatic carbocycles. The van der Waals surface area contributed by atoms with Crippen LogP contribution < -0.4 is 4.74 Å². The summed E-state index contributed by atoms with van der Waals surface area (Å²) in [5.41, 5.74) is 3.24. The molecule has 0 unspecified atom stereocenters. The number of benzene rings is 2. The summed E-state index contributed by atoms with van der Waals surface area (Å²) in [5, 5.41) is 0. The van der Waals surface area contributed by atoms with Crippen LogP contribution >= 0.6 is 0 Å². The van der Waals surface area contributed by atoms with Crippen LogP contribution in [0, 0.1) is 6.92 Å². The fraction of sp³-hybridized carbons (Fsp3) is 0.133. The van der Waals surface area contributed by atoms with Crippen LogP contribution in [0.15, 0.2) is 48.5 Å². The van der Waals surface area contributed by atoms with Crippen molar-refractivity contribution in [1.29, 1.82) is 0 Å². The van der Waals surface area contributed by atoms with Crippen molar-refractivity contribution in [1.82, 2.24) is 9.55 Å². The molecule has 0 saturated carbocycles. The van der Waals surface area contributed by atoms with Crippen LogP contribution in [-0.2, 0) is 0 Å². The van der Waals surface area contributed by atoms with Crippen LogP contribution in [0.5, 0.6) is 5.75 Å². The minimum absolute atomic E-state index is 0.862. The van der Waals surface area contributed by atoms with E-state index in [9.17, 15) is 0 Å². The number of aryl methyl sites for hydroxylation is 1. The molecule has 3 heteroatoms. The van der Waals surface area contributed by atoms with E-state index in [0.717, 1.165) is 28.3 Å². The largest absolute Gasteiger partial charge is 0.497 e. The van der Waals surface area contributed by atoms with E-state index in [1.54, 1.807) is 7.11 Å². The predicted molar refractivity (Wildman–Crippen MR) is 72.4 cm³/mol. The van der Waals surface area contributed by atoms with E-state index < -0.39 is 0 Å². The Labute approximate surface area is 106 Å². The average molecular weight is 238 g/mol. The van der Waals surface area contributed by atoms with Crippen molar-refractivity contribution in [3.05, 3.63) is 54.4 Å². The monoisotopic (exact) mass is 238 g/mol. The molecule has 3 nitrogen and oxygen atoms in total. The van der Waals surface area contributed by atoms with Gasteiger partial charge in [0.15, 0.2) is 0 Å². The van der Waals surface area contributed by atoms with Crippen molar-refractivity contribution < 1.29 is 4.74 Å². The number of hydrogen-bond acceptors (Lipinski definition) is 2. The fourth-order valence-corrected chi connectivity index (χ4v) is 2.20. The Kier molecular flexibility index (Phi) is 2.52. The molecule has 3 rings (SSSR count). The third kappa shape index (κ3) is 1.64. The zero-order valence-electron chi connectivity index (χ0n) is 10.4. The predicted octanol–water partition coefficient (Wildman–Crippen LogP) is 3.34. The summed E-state index contributed by atoms with van der Waals surface area (Å²) in [6.45, 7) is 2.02. The lowest BCUT2D eigenvalue weighted by atomic mass is 10.2. The van der Waals surface area contributed by atoms with Gasteiger partial charge in [-0.1, -0.05) is 12.1 Å². The second kappa shape index (κ2) is 4.18. The second-order valence-electron chi connectivity index (χ2n) is 4.18. The van der Waals surface area contributed by atoms with Crippen LogP contribution in [0.4, 0.5) is 0 Å². The molecule has 1 heterocycles. The smallest absolute Gasteiger partial charge is 0.119 e. The summed E-state index contributed by atoms with van der Waals surface area (Å²) in [6.07, 6.45) is 0. The van der Waals surface area contributed by atoms with Crippen LogP contribution in [-0.4, -0.2) is 16.7 Å². The van der Waals surface area contributed by atoms with Crippen LogP contribution in [0.25, 0.3) is 16.7 Å². The molecule has 90 valence electrons. The van der Waals surface area contributed by atoms with E-state index in [-0.39, 0.29) is 0 Å². The number of methoxy groups -OCH3 is 1. The minimum Gasteiger partial charge on any atom is -0.497 e. The van der Waals surface area contributed by atoms with Crippen LogP contribution in [0.1, 0.15) is 5.82 Å². The summed E-state index contributed by atoms with van der Waals surface area (Å²) < 4.78 is 7.33. The molecule has 0 atom stereocenters. The SMILES string of the molecule is COc1ccc(-n2c(C)nc3ccccc32)cc1. The first kappa shape index (κ1) is 10.8. The first-order valence-electron chi connectivity index (χ1n) is 5.88. The Morgan fingerprint density at radius 2 is 1.72 bits per heavy atom. The van der Waals surface area contributed by atoms with E-state index in [4.69, 9.17) is 4.74 Å². The van der Waals surface area contributed by atoms with E-state index >= 15 is 0 Å². The van der Waals surface area contributed by atoms with Gasteiger partial charge in [0.05, 0.1) is 18.1 Å². The first-order chi connectivity index (χ1) is 8.79. The molecule has 18 heavy (non-hydrogen) atoms. The van der Waals surface area contributed by atoms with Gasteiger partial charge in [0.25, 0.3) is 0 Å². The summed E-state index contributed by atoms with van der Waals surface area (Å²) in [4.78, 5) is 4.56. The van der Waals surface area contributed by atoms with Gasteiger partial charge in [0.2, 0.25) is 0 Å². The van der Waals surface area contributed by atoms with Gasteiger partial charge < -0.3 is 4.74 Å². The molecule has 0 spiro atoms. The summed E-state index contributed by atoms with van der Waals surface area (Å²) in [7, 11) is 1.67. The van der Waals surface area contributed by atoms with E-state index in [2.05, 4.69) is 15.6 Å². The number of aromatic nitrogens is 2. The molecular weight excluding hydrogens is 224 g/mol. The molecule has 0 amide bonds. The summed E-state index contributed by atoms with van der Waals surface area (Å²) in [5.74, 6) is 1.85. The molecule has 0 aliphatic carbocycles. The van der Waals surface area contributed by atoms with E-state index in [1.165, 1.54) is 0 Å². The number of nitrogens with zero attached hydrogens (tertiary/aromatic N) is 2. The first-order valence-corrected chi connectivity index (χ1v) is 5.88. The Morgan fingerprint density at radius 1 is 1.00 bits per heavy atom. The highest BCUT2D eigenvalue weighted by Crippen LogP contribution is 2.22. The topological polar surface area (TPSA) is 27.1 Å². The molecule has 0 aliphatic heterocycles.